The topological polar surface area (TPSA) is 82.9 Å². The number of hydrogen-bond acceptors (Lipinski definition) is 3. The van der Waals surface area contributed by atoms with Gasteiger partial charge in [0.25, 0.3) is 0 Å². The Balaban J connectivity index is 2.28. The molecule has 2 aromatic heterocycles. The van der Waals surface area contributed by atoms with Gasteiger partial charge in [0.15, 0.2) is 5.65 Å². The number of benzene rings is 1. The van der Waals surface area contributed by atoms with E-state index < -0.39 is 28.9 Å². The minimum Gasteiger partial charge on any atom is -0.368 e. The highest BCUT2D eigenvalue weighted by atomic mass is 19.4. The summed E-state index contributed by atoms with van der Waals surface area (Å²) in [5, 5.41) is 0. The second-order valence-electron chi connectivity index (χ2n) is 6.75. The fourth-order valence-corrected chi connectivity index (χ4v) is 2.90. The zero-order valence-electron chi connectivity index (χ0n) is 14.8. The van der Waals surface area contributed by atoms with E-state index in [4.69, 9.17) is 5.73 Å². The summed E-state index contributed by atoms with van der Waals surface area (Å²) in [7, 11) is 1.50. The number of fused-ring (bicyclic) bond motifs is 1. The summed E-state index contributed by atoms with van der Waals surface area (Å²) in [5.41, 5.74) is 4.08. The molecule has 2 N–H and O–H groups in total. The van der Waals surface area contributed by atoms with Crippen LogP contribution in [0.1, 0.15) is 19.4 Å². The number of nitrogens with two attached hydrogens (primary N) is 1. The molecule has 0 spiro atoms. The van der Waals surface area contributed by atoms with Gasteiger partial charge in [0.1, 0.15) is 5.54 Å². The van der Waals surface area contributed by atoms with Crippen LogP contribution in [0.3, 0.4) is 0 Å². The van der Waals surface area contributed by atoms with E-state index in [0.717, 1.165) is 12.1 Å². The molecule has 2 heterocycles. The van der Waals surface area contributed by atoms with Crippen LogP contribution in [0.2, 0.25) is 0 Å². The van der Waals surface area contributed by atoms with Gasteiger partial charge in [-0.3, -0.25) is 13.9 Å². The summed E-state index contributed by atoms with van der Waals surface area (Å²) in [5.74, 6) is -0.721. The minimum absolute atomic E-state index is 0.291. The van der Waals surface area contributed by atoms with E-state index in [9.17, 15) is 22.8 Å². The number of carbonyl (C=O) groups is 1. The Kier molecular flexibility index (Phi) is 4.13. The Bertz CT molecular complexity index is 1110. The molecule has 0 fully saturated rings. The molecule has 0 aliphatic heterocycles. The number of pyridine rings is 1. The molecule has 0 saturated carbocycles. The molecule has 0 aliphatic carbocycles. The third-order valence-corrected chi connectivity index (χ3v) is 4.57. The molecule has 0 radical (unpaired) electrons. The number of imidazole rings is 1. The van der Waals surface area contributed by atoms with Crippen molar-refractivity contribution in [3.05, 3.63) is 52.6 Å². The SMILES string of the molecule is Cn1c(=O)n(C(C)(C)C(N)=O)c2cc(-c3cccc(C(F)(F)F)c3)cnc21. The zero-order chi connectivity index (χ0) is 20.1. The maximum atomic E-state index is 13.0. The van der Waals surface area contributed by atoms with Gasteiger partial charge < -0.3 is 5.73 Å². The molecule has 0 aliphatic rings. The number of rotatable bonds is 3. The molecular weight excluding hydrogens is 361 g/mol. The van der Waals surface area contributed by atoms with E-state index in [2.05, 4.69) is 4.98 Å². The standard InChI is InChI=1S/C18H17F3N4O2/c1-17(2,15(22)26)25-13-8-11(9-23-14(13)24(3)16(25)27)10-5-4-6-12(7-10)18(19,20)21/h4-9H,1-3H3,(H2,22,26). The molecule has 3 rings (SSSR count). The average molecular weight is 378 g/mol. The fraction of sp³-hybridized carbons (Fsp3) is 0.278. The van der Waals surface area contributed by atoms with Gasteiger partial charge in [-0.15, -0.1) is 0 Å². The molecule has 142 valence electrons. The van der Waals surface area contributed by atoms with Gasteiger partial charge in [-0.05, 0) is 37.6 Å². The lowest BCUT2D eigenvalue weighted by atomic mass is 10.0. The predicted molar refractivity (Wildman–Crippen MR) is 93.9 cm³/mol. The maximum absolute atomic E-state index is 13.0. The molecule has 0 saturated heterocycles. The Morgan fingerprint density at radius 1 is 1.15 bits per heavy atom. The van der Waals surface area contributed by atoms with Crippen LogP contribution in [0.25, 0.3) is 22.3 Å². The van der Waals surface area contributed by atoms with Crippen LogP contribution in [0.4, 0.5) is 13.2 Å². The van der Waals surface area contributed by atoms with Crippen LogP contribution in [0.5, 0.6) is 0 Å². The molecule has 1 aromatic carbocycles. The molecule has 27 heavy (non-hydrogen) atoms. The van der Waals surface area contributed by atoms with Gasteiger partial charge in [0.2, 0.25) is 5.91 Å². The van der Waals surface area contributed by atoms with Gasteiger partial charge >= 0.3 is 11.9 Å². The highest BCUT2D eigenvalue weighted by Crippen LogP contribution is 2.33. The number of nitrogens with zero attached hydrogens (tertiary/aromatic N) is 3. The molecule has 0 bridgehead atoms. The Morgan fingerprint density at radius 3 is 2.41 bits per heavy atom. The number of hydrogen-bond donors (Lipinski definition) is 1. The lowest BCUT2D eigenvalue weighted by molar-refractivity contribution is -0.137. The van der Waals surface area contributed by atoms with Crippen molar-refractivity contribution in [1.29, 1.82) is 0 Å². The van der Waals surface area contributed by atoms with Crippen molar-refractivity contribution in [1.82, 2.24) is 14.1 Å². The number of halogens is 3. The molecule has 0 atom stereocenters. The van der Waals surface area contributed by atoms with E-state index in [0.29, 0.717) is 22.3 Å². The van der Waals surface area contributed by atoms with Crippen LogP contribution in [0.15, 0.2) is 41.3 Å². The van der Waals surface area contributed by atoms with Crippen molar-refractivity contribution in [2.45, 2.75) is 25.6 Å². The molecular formula is C18H17F3N4O2. The summed E-state index contributed by atoms with van der Waals surface area (Å²) in [6.07, 6.45) is -3.09. The van der Waals surface area contributed by atoms with Crippen molar-refractivity contribution < 1.29 is 18.0 Å². The largest absolute Gasteiger partial charge is 0.416 e. The molecule has 3 aromatic rings. The van der Waals surface area contributed by atoms with Gasteiger partial charge in [0.05, 0.1) is 11.1 Å². The van der Waals surface area contributed by atoms with Crippen LogP contribution >= 0.6 is 0 Å². The molecule has 6 nitrogen and oxygen atoms in total. The van der Waals surface area contributed by atoms with Gasteiger partial charge in [-0.25, -0.2) is 9.78 Å². The monoisotopic (exact) mass is 378 g/mol. The predicted octanol–water partition coefficient (Wildman–Crippen LogP) is 2.64. The number of carbonyl (C=O) groups excluding carboxylic acids is 1. The first-order valence-corrected chi connectivity index (χ1v) is 8.00. The van der Waals surface area contributed by atoms with E-state index in [1.54, 1.807) is 0 Å². The maximum Gasteiger partial charge on any atom is 0.416 e. The third-order valence-electron chi connectivity index (χ3n) is 4.57. The first-order chi connectivity index (χ1) is 12.4. The lowest BCUT2D eigenvalue weighted by Crippen LogP contribution is -2.46. The van der Waals surface area contributed by atoms with Gasteiger partial charge in [-0.1, -0.05) is 12.1 Å². The van der Waals surface area contributed by atoms with Crippen molar-refractivity contribution in [2.24, 2.45) is 12.8 Å². The average Bonchev–Trinajstić information content (AvgIpc) is 2.85. The van der Waals surface area contributed by atoms with Crippen molar-refractivity contribution >= 4 is 17.1 Å². The van der Waals surface area contributed by atoms with E-state index >= 15 is 0 Å². The molecule has 1 amide bonds. The van der Waals surface area contributed by atoms with Crippen molar-refractivity contribution in [3.8, 4) is 11.1 Å². The second kappa shape index (κ2) is 5.97. The summed E-state index contributed by atoms with van der Waals surface area (Å²) in [6, 6.07) is 6.33. The number of amides is 1. The summed E-state index contributed by atoms with van der Waals surface area (Å²) in [4.78, 5) is 28.7. The quantitative estimate of drug-likeness (QED) is 0.761. The van der Waals surface area contributed by atoms with E-state index in [-0.39, 0.29) is 0 Å². The summed E-state index contributed by atoms with van der Waals surface area (Å²) >= 11 is 0. The minimum atomic E-state index is -4.48. The van der Waals surface area contributed by atoms with Crippen LogP contribution < -0.4 is 11.4 Å². The Labute approximate surface area is 152 Å². The second-order valence-corrected chi connectivity index (χ2v) is 6.75. The van der Waals surface area contributed by atoms with E-state index in [1.165, 1.54) is 54.4 Å². The number of aryl methyl sites for hydroxylation is 1. The summed E-state index contributed by atoms with van der Waals surface area (Å²) < 4.78 is 41.4. The van der Waals surface area contributed by atoms with Crippen LogP contribution in [-0.2, 0) is 23.6 Å². The Morgan fingerprint density at radius 2 is 1.81 bits per heavy atom. The van der Waals surface area contributed by atoms with E-state index in [1.807, 2.05) is 0 Å². The number of aromatic nitrogens is 3. The fourth-order valence-electron chi connectivity index (χ4n) is 2.90. The zero-order valence-corrected chi connectivity index (χ0v) is 14.8. The van der Waals surface area contributed by atoms with Gasteiger partial charge in [0, 0.05) is 18.8 Å². The summed E-state index contributed by atoms with van der Waals surface area (Å²) in [6.45, 7) is 2.99. The highest BCUT2D eigenvalue weighted by Gasteiger charge is 2.33. The third kappa shape index (κ3) is 2.98. The molecule has 0 unspecified atom stereocenters. The van der Waals surface area contributed by atoms with Crippen LogP contribution in [-0.4, -0.2) is 20.0 Å². The van der Waals surface area contributed by atoms with Crippen molar-refractivity contribution in [3.63, 3.8) is 0 Å². The first kappa shape index (κ1) is 18.7. The smallest absolute Gasteiger partial charge is 0.368 e. The highest BCUT2D eigenvalue weighted by molar-refractivity contribution is 5.86. The van der Waals surface area contributed by atoms with Gasteiger partial charge in [-0.2, -0.15) is 13.2 Å². The first-order valence-electron chi connectivity index (χ1n) is 8.00. The Hall–Kier alpha value is -3.10. The van der Waals surface area contributed by atoms with Crippen molar-refractivity contribution in [2.75, 3.05) is 0 Å². The number of alkyl halides is 3. The van der Waals surface area contributed by atoms with Crippen LogP contribution in [0, 0.1) is 0 Å². The lowest BCUT2D eigenvalue weighted by Gasteiger charge is -2.22. The molecule has 9 heteroatoms. The number of primary amides is 1. The normalized spacial score (nSPS) is 12.5.